The number of hydrogen-bond acceptors (Lipinski definition) is 5. The number of nitrogens with zero attached hydrogens (tertiary/aromatic N) is 3. The molecule has 2 N–H and O–H groups in total. The second-order valence-corrected chi connectivity index (χ2v) is 7.71. The number of hydrogen-bond donors (Lipinski definition) is 2. The number of para-hydroxylation sites is 1. The Balaban J connectivity index is 1.53. The summed E-state index contributed by atoms with van der Waals surface area (Å²) in [5, 5.41) is 3.98. The van der Waals surface area contributed by atoms with Crippen molar-refractivity contribution < 1.29 is 14.4 Å². The van der Waals surface area contributed by atoms with Crippen LogP contribution in [0.1, 0.15) is 35.7 Å². The summed E-state index contributed by atoms with van der Waals surface area (Å²) in [4.78, 5) is 43.8. The molecular formula is C23H25N5O3. The first-order valence-electron chi connectivity index (χ1n) is 10.3. The minimum atomic E-state index is -0.659. The van der Waals surface area contributed by atoms with E-state index in [9.17, 15) is 14.4 Å². The third kappa shape index (κ3) is 4.42. The molecule has 1 heterocycles. The number of aliphatic imine (C=N–C) groups is 1. The molecule has 1 atom stereocenters. The summed E-state index contributed by atoms with van der Waals surface area (Å²) >= 11 is 0. The SMILES string of the molecule is CNC(=O)c1ccc(CN(C(=O)C2=N[C@@H](C)C(=O)N(c3ccccc3)N2)C2CC2)cc1. The summed E-state index contributed by atoms with van der Waals surface area (Å²) in [6.45, 7) is 2.09. The fourth-order valence-corrected chi connectivity index (χ4v) is 3.49. The zero-order valence-electron chi connectivity index (χ0n) is 17.5. The van der Waals surface area contributed by atoms with Gasteiger partial charge in [0.05, 0.1) is 5.69 Å². The topological polar surface area (TPSA) is 94.1 Å². The molecule has 8 heteroatoms. The van der Waals surface area contributed by atoms with E-state index in [2.05, 4.69) is 15.7 Å². The molecule has 0 saturated heterocycles. The second-order valence-electron chi connectivity index (χ2n) is 7.71. The lowest BCUT2D eigenvalue weighted by Crippen LogP contribution is -2.58. The number of anilines is 1. The third-order valence-electron chi connectivity index (χ3n) is 5.38. The number of amides is 3. The molecule has 1 fully saturated rings. The average Bonchev–Trinajstić information content (AvgIpc) is 3.64. The van der Waals surface area contributed by atoms with E-state index in [1.54, 1.807) is 43.1 Å². The molecule has 0 bridgehead atoms. The maximum Gasteiger partial charge on any atom is 0.291 e. The van der Waals surface area contributed by atoms with E-state index in [4.69, 9.17) is 0 Å². The van der Waals surface area contributed by atoms with Gasteiger partial charge in [-0.2, -0.15) is 0 Å². The Labute approximate surface area is 180 Å². The number of benzene rings is 2. The number of nitrogens with one attached hydrogen (secondary N) is 2. The van der Waals surface area contributed by atoms with Gasteiger partial charge in [-0.05, 0) is 49.6 Å². The number of carbonyl (C=O) groups excluding carboxylic acids is 3. The predicted molar refractivity (Wildman–Crippen MR) is 117 cm³/mol. The fraction of sp³-hybridized carbons (Fsp3) is 0.304. The van der Waals surface area contributed by atoms with Gasteiger partial charge in [0.15, 0.2) is 0 Å². The van der Waals surface area contributed by atoms with Crippen LogP contribution in [0.25, 0.3) is 0 Å². The molecule has 1 aliphatic carbocycles. The first kappa shape index (κ1) is 20.6. The highest BCUT2D eigenvalue weighted by molar-refractivity contribution is 6.39. The van der Waals surface area contributed by atoms with Crippen LogP contribution in [0.5, 0.6) is 0 Å². The smallest absolute Gasteiger partial charge is 0.291 e. The summed E-state index contributed by atoms with van der Waals surface area (Å²) in [5.41, 5.74) is 5.07. The summed E-state index contributed by atoms with van der Waals surface area (Å²) in [6, 6.07) is 15.8. The normalized spacial score (nSPS) is 18.1. The fourth-order valence-electron chi connectivity index (χ4n) is 3.49. The van der Waals surface area contributed by atoms with Gasteiger partial charge in [0.25, 0.3) is 17.7 Å². The van der Waals surface area contributed by atoms with Crippen molar-refractivity contribution in [1.82, 2.24) is 15.6 Å². The van der Waals surface area contributed by atoms with Crippen LogP contribution in [0.15, 0.2) is 59.6 Å². The van der Waals surface area contributed by atoms with Crippen molar-refractivity contribution in [3.8, 4) is 0 Å². The zero-order valence-corrected chi connectivity index (χ0v) is 17.5. The van der Waals surface area contributed by atoms with Crippen molar-refractivity contribution in [2.45, 2.75) is 38.4 Å². The molecule has 2 aromatic carbocycles. The Kier molecular flexibility index (Phi) is 5.70. The van der Waals surface area contributed by atoms with Gasteiger partial charge >= 0.3 is 0 Å². The molecule has 31 heavy (non-hydrogen) atoms. The summed E-state index contributed by atoms with van der Waals surface area (Å²) in [6.07, 6.45) is 1.87. The second kappa shape index (κ2) is 8.59. The largest absolute Gasteiger partial charge is 0.355 e. The highest BCUT2D eigenvalue weighted by Gasteiger charge is 2.38. The molecule has 3 amide bonds. The summed E-state index contributed by atoms with van der Waals surface area (Å²) < 4.78 is 0. The minimum absolute atomic E-state index is 0.147. The van der Waals surface area contributed by atoms with Gasteiger partial charge in [0, 0.05) is 25.2 Å². The standard InChI is InChI=1S/C23H25N5O3/c1-15-22(30)28(19-6-4-3-5-7-19)26-20(25-15)23(31)27(18-12-13-18)14-16-8-10-17(11-9-16)21(29)24-2/h3-11,15,18H,12-14H2,1-2H3,(H,24,29)(H,25,26)/t15-/m0/s1. The van der Waals surface area contributed by atoms with Crippen molar-refractivity contribution in [3.63, 3.8) is 0 Å². The van der Waals surface area contributed by atoms with Crippen LogP contribution in [-0.4, -0.2) is 47.6 Å². The monoisotopic (exact) mass is 419 g/mol. The molecule has 0 radical (unpaired) electrons. The van der Waals surface area contributed by atoms with Crippen molar-refractivity contribution in [1.29, 1.82) is 0 Å². The number of hydrazine groups is 1. The van der Waals surface area contributed by atoms with Gasteiger partial charge in [-0.15, -0.1) is 0 Å². The van der Waals surface area contributed by atoms with Gasteiger partial charge in [-0.1, -0.05) is 30.3 Å². The molecule has 2 aliphatic rings. The molecule has 1 aliphatic heterocycles. The molecule has 4 rings (SSSR count). The van der Waals surface area contributed by atoms with Gasteiger partial charge in [0.1, 0.15) is 6.04 Å². The summed E-state index contributed by atoms with van der Waals surface area (Å²) in [7, 11) is 1.59. The first-order chi connectivity index (χ1) is 15.0. The molecule has 0 spiro atoms. The highest BCUT2D eigenvalue weighted by Crippen LogP contribution is 2.29. The zero-order chi connectivity index (χ0) is 22.0. The van der Waals surface area contributed by atoms with Crippen molar-refractivity contribution in [3.05, 3.63) is 65.7 Å². The van der Waals surface area contributed by atoms with Crippen LogP contribution < -0.4 is 15.8 Å². The lowest BCUT2D eigenvalue weighted by atomic mass is 10.1. The maximum absolute atomic E-state index is 13.4. The third-order valence-corrected chi connectivity index (χ3v) is 5.38. The highest BCUT2D eigenvalue weighted by atomic mass is 16.2. The molecule has 2 aromatic rings. The Hall–Kier alpha value is -3.68. The van der Waals surface area contributed by atoms with E-state index in [-0.39, 0.29) is 29.6 Å². The van der Waals surface area contributed by atoms with E-state index < -0.39 is 6.04 Å². The van der Waals surface area contributed by atoms with Crippen LogP contribution in [0.3, 0.4) is 0 Å². The van der Waals surface area contributed by atoms with Gasteiger partial charge in [-0.3, -0.25) is 19.8 Å². The Morgan fingerprint density at radius 1 is 1.13 bits per heavy atom. The van der Waals surface area contributed by atoms with Crippen LogP contribution in [0.4, 0.5) is 5.69 Å². The first-order valence-corrected chi connectivity index (χ1v) is 10.3. The van der Waals surface area contributed by atoms with Crippen molar-refractivity contribution in [2.75, 3.05) is 12.1 Å². The lowest BCUT2D eigenvalue weighted by Gasteiger charge is -2.32. The van der Waals surface area contributed by atoms with Gasteiger partial charge < -0.3 is 10.2 Å². The van der Waals surface area contributed by atoms with E-state index in [1.165, 1.54) is 5.01 Å². The molecule has 0 unspecified atom stereocenters. The van der Waals surface area contributed by atoms with E-state index >= 15 is 0 Å². The maximum atomic E-state index is 13.4. The van der Waals surface area contributed by atoms with E-state index in [0.717, 1.165) is 18.4 Å². The van der Waals surface area contributed by atoms with E-state index in [1.807, 2.05) is 30.3 Å². The minimum Gasteiger partial charge on any atom is -0.355 e. The van der Waals surface area contributed by atoms with Crippen molar-refractivity contribution >= 4 is 29.2 Å². The lowest BCUT2D eigenvalue weighted by molar-refractivity contribution is -0.125. The molecular weight excluding hydrogens is 394 g/mol. The number of carbonyl (C=O) groups is 3. The quantitative estimate of drug-likeness (QED) is 0.748. The molecule has 8 nitrogen and oxygen atoms in total. The van der Waals surface area contributed by atoms with Gasteiger partial charge in [-0.25, -0.2) is 10.0 Å². The van der Waals surface area contributed by atoms with E-state index in [0.29, 0.717) is 17.8 Å². The van der Waals surface area contributed by atoms with Crippen LogP contribution >= 0.6 is 0 Å². The molecule has 1 saturated carbocycles. The number of amidine groups is 1. The van der Waals surface area contributed by atoms with Gasteiger partial charge in [0.2, 0.25) is 5.84 Å². The van der Waals surface area contributed by atoms with Crippen LogP contribution in [0.2, 0.25) is 0 Å². The van der Waals surface area contributed by atoms with Crippen LogP contribution in [-0.2, 0) is 16.1 Å². The Morgan fingerprint density at radius 2 is 1.81 bits per heavy atom. The predicted octanol–water partition coefficient (Wildman–Crippen LogP) is 1.88. The average molecular weight is 419 g/mol. The summed E-state index contributed by atoms with van der Waals surface area (Å²) in [5.74, 6) is -0.449. The molecule has 160 valence electrons. The molecule has 0 aromatic heterocycles. The van der Waals surface area contributed by atoms with Crippen LogP contribution in [0, 0.1) is 0 Å². The number of rotatable bonds is 6. The Morgan fingerprint density at radius 3 is 2.42 bits per heavy atom. The Bertz CT molecular complexity index is 1020. The van der Waals surface area contributed by atoms with Crippen molar-refractivity contribution in [2.24, 2.45) is 4.99 Å².